The van der Waals surface area contributed by atoms with Gasteiger partial charge in [0, 0.05) is 17.2 Å². The fourth-order valence-corrected chi connectivity index (χ4v) is 3.36. The van der Waals surface area contributed by atoms with Crippen molar-refractivity contribution in [2.75, 3.05) is 0 Å². The van der Waals surface area contributed by atoms with Gasteiger partial charge in [0.05, 0.1) is 0 Å². The summed E-state index contributed by atoms with van der Waals surface area (Å²) < 4.78 is 5.50. The van der Waals surface area contributed by atoms with Gasteiger partial charge in [-0.25, -0.2) is 0 Å². The van der Waals surface area contributed by atoms with E-state index < -0.39 is 0 Å². The van der Waals surface area contributed by atoms with E-state index in [1.54, 1.807) is 0 Å². The van der Waals surface area contributed by atoms with Crippen LogP contribution < -0.4 is 5.73 Å². The molecule has 4 heteroatoms. The van der Waals surface area contributed by atoms with Gasteiger partial charge in [0.25, 0.3) is 5.89 Å². The summed E-state index contributed by atoms with van der Waals surface area (Å²) in [6, 6.07) is 14.6. The van der Waals surface area contributed by atoms with Crippen LogP contribution in [0, 0.1) is 0 Å². The van der Waals surface area contributed by atoms with Crippen LogP contribution in [0.5, 0.6) is 0 Å². The van der Waals surface area contributed by atoms with Crippen LogP contribution in [-0.2, 0) is 6.42 Å². The second-order valence-corrected chi connectivity index (χ2v) is 6.72. The molecule has 3 aromatic rings. The Bertz CT molecular complexity index is 865. The molecule has 0 radical (unpaired) electrons. The first-order valence-electron chi connectivity index (χ1n) is 8.45. The normalized spacial score (nSPS) is 16.6. The third-order valence-electron chi connectivity index (χ3n) is 4.81. The van der Waals surface area contributed by atoms with Crippen molar-refractivity contribution in [3.63, 3.8) is 0 Å². The van der Waals surface area contributed by atoms with Crippen molar-refractivity contribution in [2.45, 2.75) is 38.6 Å². The van der Waals surface area contributed by atoms with Crippen LogP contribution in [0.4, 0.5) is 0 Å². The number of nitrogens with two attached hydrogens (primary N) is 1. The van der Waals surface area contributed by atoms with Crippen LogP contribution in [0.3, 0.4) is 0 Å². The molecule has 0 fully saturated rings. The van der Waals surface area contributed by atoms with Crippen molar-refractivity contribution >= 4 is 0 Å². The zero-order valence-electron chi connectivity index (χ0n) is 14.0. The first kappa shape index (κ1) is 15.1. The van der Waals surface area contributed by atoms with Crippen LogP contribution in [0.15, 0.2) is 47.0 Å². The van der Waals surface area contributed by atoms with Crippen LogP contribution in [-0.4, -0.2) is 10.1 Å². The second kappa shape index (κ2) is 5.87. The Labute approximate surface area is 141 Å². The van der Waals surface area contributed by atoms with E-state index in [1.807, 2.05) is 24.3 Å². The quantitative estimate of drug-likeness (QED) is 0.773. The molecule has 1 unspecified atom stereocenters. The van der Waals surface area contributed by atoms with Crippen molar-refractivity contribution < 1.29 is 4.52 Å². The standard InChI is InChI=1S/C20H21N3O/c1-12(2)13-6-8-14(9-7-13)20-22-19(23-24-20)17-5-3-4-16-15(17)10-11-18(16)21/h3-9,12,18H,10-11,21H2,1-2H3. The Morgan fingerprint density at radius 1 is 1.12 bits per heavy atom. The molecule has 0 aliphatic heterocycles. The van der Waals surface area contributed by atoms with Gasteiger partial charge in [0.1, 0.15) is 0 Å². The van der Waals surface area contributed by atoms with Gasteiger partial charge in [-0.15, -0.1) is 0 Å². The molecule has 1 aromatic heterocycles. The van der Waals surface area contributed by atoms with E-state index in [-0.39, 0.29) is 6.04 Å². The highest BCUT2D eigenvalue weighted by molar-refractivity contribution is 5.66. The maximum atomic E-state index is 6.16. The SMILES string of the molecule is CC(C)c1ccc(-c2nc(-c3cccc4c3CCC4N)no2)cc1. The van der Waals surface area contributed by atoms with E-state index in [0.29, 0.717) is 17.6 Å². The molecule has 0 bridgehead atoms. The lowest BCUT2D eigenvalue weighted by Crippen LogP contribution is -2.04. The van der Waals surface area contributed by atoms with E-state index in [2.05, 4.69) is 42.2 Å². The maximum Gasteiger partial charge on any atom is 0.258 e. The molecule has 122 valence electrons. The van der Waals surface area contributed by atoms with Crippen LogP contribution in [0.2, 0.25) is 0 Å². The minimum Gasteiger partial charge on any atom is -0.334 e. The Morgan fingerprint density at radius 3 is 2.67 bits per heavy atom. The summed E-state index contributed by atoms with van der Waals surface area (Å²) in [6.45, 7) is 4.36. The Kier molecular flexibility index (Phi) is 3.69. The van der Waals surface area contributed by atoms with E-state index in [1.165, 1.54) is 16.7 Å². The molecule has 0 amide bonds. The number of aromatic nitrogens is 2. The smallest absolute Gasteiger partial charge is 0.258 e. The third-order valence-corrected chi connectivity index (χ3v) is 4.81. The lowest BCUT2D eigenvalue weighted by atomic mass is 10.0. The zero-order chi connectivity index (χ0) is 16.7. The molecular weight excluding hydrogens is 298 g/mol. The van der Waals surface area contributed by atoms with E-state index >= 15 is 0 Å². The van der Waals surface area contributed by atoms with Gasteiger partial charge in [-0.2, -0.15) is 4.98 Å². The first-order chi connectivity index (χ1) is 11.6. The molecule has 24 heavy (non-hydrogen) atoms. The number of hydrogen-bond acceptors (Lipinski definition) is 4. The molecule has 4 rings (SSSR count). The predicted molar refractivity (Wildman–Crippen MR) is 94.5 cm³/mol. The van der Waals surface area contributed by atoms with Crippen molar-refractivity contribution in [2.24, 2.45) is 5.73 Å². The summed E-state index contributed by atoms with van der Waals surface area (Å²) in [5.41, 5.74) is 11.9. The largest absolute Gasteiger partial charge is 0.334 e. The van der Waals surface area contributed by atoms with Crippen LogP contribution in [0.25, 0.3) is 22.8 Å². The highest BCUT2D eigenvalue weighted by Gasteiger charge is 2.24. The third kappa shape index (κ3) is 2.53. The highest BCUT2D eigenvalue weighted by atomic mass is 16.5. The second-order valence-electron chi connectivity index (χ2n) is 6.72. The molecule has 1 aliphatic rings. The van der Waals surface area contributed by atoms with Crippen molar-refractivity contribution in [1.29, 1.82) is 0 Å². The first-order valence-corrected chi connectivity index (χ1v) is 8.45. The molecule has 0 saturated heterocycles. The van der Waals surface area contributed by atoms with Gasteiger partial charge in [-0.3, -0.25) is 0 Å². The van der Waals surface area contributed by atoms with E-state index in [9.17, 15) is 0 Å². The molecule has 2 N–H and O–H groups in total. The van der Waals surface area contributed by atoms with Gasteiger partial charge in [-0.05, 0) is 47.6 Å². The van der Waals surface area contributed by atoms with Crippen molar-refractivity contribution in [1.82, 2.24) is 10.1 Å². The van der Waals surface area contributed by atoms with E-state index in [4.69, 9.17) is 10.3 Å². The molecular formula is C20H21N3O. The average Bonchev–Trinajstić information content (AvgIpc) is 3.22. The Morgan fingerprint density at radius 2 is 1.92 bits per heavy atom. The van der Waals surface area contributed by atoms with Gasteiger partial charge in [-0.1, -0.05) is 49.3 Å². The predicted octanol–water partition coefficient (Wildman–Crippen LogP) is 4.47. The molecule has 2 aromatic carbocycles. The number of nitrogens with zero attached hydrogens (tertiary/aromatic N) is 2. The van der Waals surface area contributed by atoms with Crippen LogP contribution in [0.1, 0.15) is 48.9 Å². The van der Waals surface area contributed by atoms with Crippen molar-refractivity contribution in [3.05, 3.63) is 59.2 Å². The molecule has 0 spiro atoms. The fraction of sp³-hybridized carbons (Fsp3) is 0.300. The Hall–Kier alpha value is -2.46. The summed E-state index contributed by atoms with van der Waals surface area (Å²) in [5, 5.41) is 4.20. The topological polar surface area (TPSA) is 64.9 Å². The molecule has 1 aliphatic carbocycles. The number of hydrogen-bond donors (Lipinski definition) is 1. The van der Waals surface area contributed by atoms with E-state index in [0.717, 1.165) is 24.0 Å². The van der Waals surface area contributed by atoms with Gasteiger partial charge >= 0.3 is 0 Å². The minimum atomic E-state index is 0.120. The summed E-state index contributed by atoms with van der Waals surface area (Å²) in [4.78, 5) is 4.61. The minimum absolute atomic E-state index is 0.120. The van der Waals surface area contributed by atoms with Gasteiger partial charge in [0.2, 0.25) is 5.82 Å². The lowest BCUT2D eigenvalue weighted by molar-refractivity contribution is 0.432. The monoisotopic (exact) mass is 319 g/mol. The van der Waals surface area contributed by atoms with Crippen molar-refractivity contribution in [3.8, 4) is 22.8 Å². The lowest BCUT2D eigenvalue weighted by Gasteiger charge is -2.06. The van der Waals surface area contributed by atoms with Crippen LogP contribution >= 0.6 is 0 Å². The number of benzene rings is 2. The molecule has 0 saturated carbocycles. The van der Waals surface area contributed by atoms with Gasteiger partial charge in [0.15, 0.2) is 0 Å². The molecule has 1 atom stereocenters. The van der Waals surface area contributed by atoms with Gasteiger partial charge < -0.3 is 10.3 Å². The summed E-state index contributed by atoms with van der Waals surface area (Å²) in [5.74, 6) is 1.71. The number of fused-ring (bicyclic) bond motifs is 1. The zero-order valence-corrected chi connectivity index (χ0v) is 14.0. The maximum absolute atomic E-state index is 6.16. The average molecular weight is 319 g/mol. The summed E-state index contributed by atoms with van der Waals surface area (Å²) in [6.07, 6.45) is 1.95. The summed E-state index contributed by atoms with van der Waals surface area (Å²) in [7, 11) is 0. The fourth-order valence-electron chi connectivity index (χ4n) is 3.36. The Balaban J connectivity index is 1.69. The summed E-state index contributed by atoms with van der Waals surface area (Å²) >= 11 is 0. The molecule has 4 nitrogen and oxygen atoms in total. The highest BCUT2D eigenvalue weighted by Crippen LogP contribution is 2.36. The number of rotatable bonds is 3. The molecule has 1 heterocycles.